The van der Waals surface area contributed by atoms with E-state index in [1.54, 1.807) is 0 Å². The van der Waals surface area contributed by atoms with Crippen molar-refractivity contribution in [2.24, 2.45) is 5.92 Å². The summed E-state index contributed by atoms with van der Waals surface area (Å²) in [5, 5.41) is 0. The van der Waals surface area contributed by atoms with E-state index in [2.05, 4.69) is 41.3 Å². The molecule has 1 amide bonds. The van der Waals surface area contributed by atoms with Crippen molar-refractivity contribution in [2.45, 2.75) is 37.8 Å². The Morgan fingerprint density at radius 3 is 2.15 bits per heavy atom. The Labute approximate surface area is 160 Å². The van der Waals surface area contributed by atoms with Crippen LogP contribution in [0, 0.1) is 5.92 Å². The standard InChI is InChI=1S/C23H26N2O2/c26-23(27-22-16-24-14-12-19(22)13-15-24)25(21-10-11-21)20-8-6-18(7-9-20)17-4-2-1-3-5-17/h1-9,19,21-22H,10-16H2/t22-/m1/s1. The van der Waals surface area contributed by atoms with Crippen LogP contribution in [0.2, 0.25) is 0 Å². The lowest BCUT2D eigenvalue weighted by atomic mass is 9.86. The van der Waals surface area contributed by atoms with Gasteiger partial charge in [0.15, 0.2) is 0 Å². The SMILES string of the molecule is O=C(O[C@@H]1CN2CCC1CC2)N(c1ccc(-c2ccccc2)cc1)C1CC1. The molecule has 3 saturated heterocycles. The van der Waals surface area contributed by atoms with E-state index >= 15 is 0 Å². The van der Waals surface area contributed by atoms with Gasteiger partial charge in [-0.3, -0.25) is 9.80 Å². The van der Waals surface area contributed by atoms with Gasteiger partial charge >= 0.3 is 6.09 Å². The van der Waals surface area contributed by atoms with Crippen LogP contribution in [0.3, 0.4) is 0 Å². The summed E-state index contributed by atoms with van der Waals surface area (Å²) in [6.45, 7) is 3.22. The van der Waals surface area contributed by atoms with Crippen molar-refractivity contribution in [3.05, 3.63) is 54.6 Å². The number of benzene rings is 2. The van der Waals surface area contributed by atoms with Gasteiger partial charge in [0.2, 0.25) is 0 Å². The first-order chi connectivity index (χ1) is 13.3. The third-order valence-electron chi connectivity index (χ3n) is 6.21. The van der Waals surface area contributed by atoms with Gasteiger partial charge in [-0.05, 0) is 68.0 Å². The van der Waals surface area contributed by atoms with E-state index < -0.39 is 0 Å². The van der Waals surface area contributed by atoms with Crippen LogP contribution in [0.4, 0.5) is 10.5 Å². The highest BCUT2D eigenvalue weighted by Crippen LogP contribution is 2.35. The van der Waals surface area contributed by atoms with Crippen LogP contribution in [0.1, 0.15) is 25.7 Å². The van der Waals surface area contributed by atoms with Crippen molar-refractivity contribution >= 4 is 11.8 Å². The summed E-state index contributed by atoms with van der Waals surface area (Å²) in [7, 11) is 0. The molecule has 2 aromatic carbocycles. The Hall–Kier alpha value is -2.33. The Morgan fingerprint density at radius 2 is 1.56 bits per heavy atom. The average molecular weight is 362 g/mol. The molecule has 4 nitrogen and oxygen atoms in total. The maximum absolute atomic E-state index is 13.0. The molecule has 2 bridgehead atoms. The third-order valence-corrected chi connectivity index (χ3v) is 6.21. The number of rotatable bonds is 4. The molecule has 3 aliphatic heterocycles. The van der Waals surface area contributed by atoms with E-state index in [1.165, 1.54) is 11.1 Å². The molecule has 27 heavy (non-hydrogen) atoms. The lowest BCUT2D eigenvalue weighted by Crippen LogP contribution is -2.53. The molecule has 1 saturated carbocycles. The Morgan fingerprint density at radius 1 is 0.889 bits per heavy atom. The minimum absolute atomic E-state index is 0.0600. The fraction of sp³-hybridized carbons (Fsp3) is 0.435. The molecule has 1 atom stereocenters. The second-order valence-corrected chi connectivity index (χ2v) is 8.07. The first kappa shape index (κ1) is 16.8. The van der Waals surface area contributed by atoms with Crippen LogP contribution in [0.25, 0.3) is 11.1 Å². The summed E-state index contributed by atoms with van der Waals surface area (Å²) >= 11 is 0. The molecule has 4 heteroatoms. The van der Waals surface area contributed by atoms with Gasteiger partial charge < -0.3 is 4.74 Å². The second-order valence-electron chi connectivity index (χ2n) is 8.07. The monoisotopic (exact) mass is 362 g/mol. The zero-order valence-electron chi connectivity index (χ0n) is 15.6. The molecule has 0 N–H and O–H groups in total. The van der Waals surface area contributed by atoms with Gasteiger partial charge in [0.05, 0.1) is 0 Å². The van der Waals surface area contributed by atoms with Crippen molar-refractivity contribution < 1.29 is 9.53 Å². The maximum Gasteiger partial charge on any atom is 0.414 e. The first-order valence-electron chi connectivity index (χ1n) is 10.2. The average Bonchev–Trinajstić information content (AvgIpc) is 3.55. The highest BCUT2D eigenvalue weighted by Gasteiger charge is 2.40. The van der Waals surface area contributed by atoms with E-state index in [9.17, 15) is 4.79 Å². The molecule has 6 rings (SSSR count). The maximum atomic E-state index is 13.0. The summed E-state index contributed by atoms with van der Waals surface area (Å²) < 4.78 is 6.00. The molecular formula is C23H26N2O2. The molecule has 0 unspecified atom stereocenters. The molecule has 140 valence electrons. The van der Waals surface area contributed by atoms with Gasteiger partial charge in [-0.15, -0.1) is 0 Å². The summed E-state index contributed by atoms with van der Waals surface area (Å²) in [5.74, 6) is 0.542. The fourth-order valence-corrected chi connectivity index (χ4v) is 4.47. The number of piperidine rings is 3. The van der Waals surface area contributed by atoms with Crippen molar-refractivity contribution in [1.82, 2.24) is 4.90 Å². The van der Waals surface area contributed by atoms with Crippen molar-refractivity contribution in [3.8, 4) is 11.1 Å². The number of carbonyl (C=O) groups is 1. The highest BCUT2D eigenvalue weighted by atomic mass is 16.6. The van der Waals surface area contributed by atoms with Gasteiger partial charge in [0.1, 0.15) is 6.10 Å². The molecule has 0 radical (unpaired) electrons. The molecule has 0 spiro atoms. The topological polar surface area (TPSA) is 32.8 Å². The van der Waals surface area contributed by atoms with E-state index in [4.69, 9.17) is 4.74 Å². The molecule has 4 fully saturated rings. The summed E-state index contributed by atoms with van der Waals surface area (Å²) in [5.41, 5.74) is 3.31. The number of hydrogen-bond acceptors (Lipinski definition) is 3. The minimum Gasteiger partial charge on any atom is -0.444 e. The van der Waals surface area contributed by atoms with Crippen LogP contribution < -0.4 is 4.90 Å². The summed E-state index contributed by atoms with van der Waals surface area (Å²) in [6.07, 6.45) is 4.35. The van der Waals surface area contributed by atoms with Crippen LogP contribution in [0.15, 0.2) is 54.6 Å². The smallest absolute Gasteiger partial charge is 0.414 e. The second kappa shape index (κ2) is 7.01. The molecule has 1 aliphatic carbocycles. The number of anilines is 1. The predicted octanol–water partition coefficient (Wildman–Crippen LogP) is 4.55. The van der Waals surface area contributed by atoms with Gasteiger partial charge in [-0.2, -0.15) is 0 Å². The van der Waals surface area contributed by atoms with E-state index in [-0.39, 0.29) is 12.2 Å². The van der Waals surface area contributed by atoms with Gasteiger partial charge in [0, 0.05) is 18.3 Å². The minimum atomic E-state index is -0.163. The first-order valence-corrected chi connectivity index (χ1v) is 10.2. The summed E-state index contributed by atoms with van der Waals surface area (Å²) in [4.78, 5) is 17.3. The predicted molar refractivity (Wildman–Crippen MR) is 107 cm³/mol. The Kier molecular flexibility index (Phi) is 4.36. The Bertz CT molecular complexity index is 793. The quantitative estimate of drug-likeness (QED) is 0.800. The highest BCUT2D eigenvalue weighted by molar-refractivity contribution is 5.89. The van der Waals surface area contributed by atoms with Gasteiger partial charge in [-0.1, -0.05) is 42.5 Å². The van der Waals surface area contributed by atoms with Crippen LogP contribution in [0.5, 0.6) is 0 Å². The van der Waals surface area contributed by atoms with Crippen molar-refractivity contribution in [3.63, 3.8) is 0 Å². The number of hydrogen-bond donors (Lipinski definition) is 0. The van der Waals surface area contributed by atoms with Gasteiger partial charge in [0.25, 0.3) is 0 Å². The largest absolute Gasteiger partial charge is 0.444 e. The van der Waals surface area contributed by atoms with E-state index in [0.29, 0.717) is 12.0 Å². The number of ether oxygens (including phenoxy) is 1. The third kappa shape index (κ3) is 3.46. The molecule has 0 aromatic heterocycles. The van der Waals surface area contributed by atoms with Crippen molar-refractivity contribution in [1.29, 1.82) is 0 Å². The van der Waals surface area contributed by atoms with E-state index in [0.717, 1.165) is 51.0 Å². The Balaban J connectivity index is 1.32. The zero-order valence-corrected chi connectivity index (χ0v) is 15.6. The van der Waals surface area contributed by atoms with Gasteiger partial charge in [-0.25, -0.2) is 4.79 Å². The van der Waals surface area contributed by atoms with Crippen molar-refractivity contribution in [2.75, 3.05) is 24.5 Å². The number of nitrogens with zero attached hydrogens (tertiary/aromatic N) is 2. The molecular weight excluding hydrogens is 336 g/mol. The number of fused-ring (bicyclic) bond motifs is 3. The van der Waals surface area contributed by atoms with Crippen LogP contribution in [-0.2, 0) is 4.74 Å². The molecule has 3 heterocycles. The molecule has 2 aromatic rings. The molecule has 4 aliphatic rings. The normalized spacial score (nSPS) is 26.6. The number of amides is 1. The zero-order chi connectivity index (χ0) is 18.2. The lowest BCUT2D eigenvalue weighted by molar-refractivity contribution is -0.0311. The van der Waals surface area contributed by atoms with E-state index in [1.807, 2.05) is 23.1 Å². The van der Waals surface area contributed by atoms with Crippen LogP contribution >= 0.6 is 0 Å². The van der Waals surface area contributed by atoms with Crippen LogP contribution in [-0.4, -0.2) is 42.8 Å². The summed E-state index contributed by atoms with van der Waals surface area (Å²) in [6, 6.07) is 18.9. The lowest BCUT2D eigenvalue weighted by Gasteiger charge is -2.44. The number of carbonyl (C=O) groups excluding carboxylic acids is 1. The fourth-order valence-electron chi connectivity index (χ4n) is 4.47.